The van der Waals surface area contributed by atoms with Gasteiger partial charge in [-0.2, -0.15) is 0 Å². The summed E-state index contributed by atoms with van der Waals surface area (Å²) in [4.78, 5) is 4.54. The fraction of sp³-hybridized carbons (Fsp3) is 0.316. The number of benzene rings is 1. The molecule has 26 heavy (non-hydrogen) atoms. The van der Waals surface area contributed by atoms with Gasteiger partial charge < -0.3 is 11.1 Å². The monoisotopic (exact) mass is 370 g/mol. The van der Waals surface area contributed by atoms with Gasteiger partial charge in [0.05, 0.1) is 22.5 Å². The largest absolute Gasteiger partial charge is 0.396 e. The molecule has 4 rings (SSSR count). The molecule has 1 aromatic carbocycles. The third kappa shape index (κ3) is 2.92. The van der Waals surface area contributed by atoms with E-state index in [1.807, 2.05) is 0 Å². The number of nitrogens with zero attached hydrogens (tertiary/aromatic N) is 2. The van der Waals surface area contributed by atoms with E-state index in [-0.39, 0.29) is 4.90 Å². The smallest absolute Gasteiger partial charge is 0.269 e. The summed E-state index contributed by atoms with van der Waals surface area (Å²) >= 11 is 0. The van der Waals surface area contributed by atoms with E-state index in [1.165, 1.54) is 29.4 Å². The fourth-order valence-electron chi connectivity index (χ4n) is 3.59. The number of nitrogens with one attached hydrogen (secondary N) is 1. The van der Waals surface area contributed by atoms with Crippen LogP contribution in [0.4, 0.5) is 11.4 Å². The van der Waals surface area contributed by atoms with E-state index in [4.69, 9.17) is 5.73 Å². The molecule has 0 radical (unpaired) electrons. The second kappa shape index (κ2) is 6.64. The number of fused-ring (bicyclic) bond motifs is 1. The molecule has 0 aliphatic heterocycles. The van der Waals surface area contributed by atoms with Crippen LogP contribution in [0, 0.1) is 0 Å². The minimum atomic E-state index is -3.70. The third-order valence-electron chi connectivity index (χ3n) is 4.96. The third-order valence-corrected chi connectivity index (χ3v) is 6.64. The highest BCUT2D eigenvalue weighted by molar-refractivity contribution is 7.90. The number of rotatable bonds is 4. The topological polar surface area (TPSA) is 90.0 Å². The summed E-state index contributed by atoms with van der Waals surface area (Å²) in [6, 6.07) is 10.5. The van der Waals surface area contributed by atoms with Gasteiger partial charge in [0.25, 0.3) is 10.0 Å². The van der Waals surface area contributed by atoms with Crippen LogP contribution in [0.15, 0.2) is 53.7 Å². The number of hydrogen-bond acceptors (Lipinski definition) is 5. The zero-order chi connectivity index (χ0) is 18.1. The van der Waals surface area contributed by atoms with Crippen molar-refractivity contribution >= 4 is 32.4 Å². The van der Waals surface area contributed by atoms with Crippen molar-refractivity contribution in [1.29, 1.82) is 0 Å². The molecule has 0 atom stereocenters. The van der Waals surface area contributed by atoms with Crippen molar-refractivity contribution in [3.63, 3.8) is 0 Å². The molecule has 0 bridgehead atoms. The Labute approximate surface area is 153 Å². The lowest BCUT2D eigenvalue weighted by atomic mass is 9.95. The number of anilines is 2. The molecule has 6 nitrogen and oxygen atoms in total. The maximum Gasteiger partial charge on any atom is 0.269 e. The lowest BCUT2D eigenvalue weighted by Crippen LogP contribution is -2.23. The lowest BCUT2D eigenvalue weighted by molar-refractivity contribution is 0.463. The second-order valence-electron chi connectivity index (χ2n) is 6.73. The van der Waals surface area contributed by atoms with Gasteiger partial charge in [-0.15, -0.1) is 0 Å². The molecule has 1 aliphatic rings. The van der Waals surface area contributed by atoms with E-state index in [0.717, 1.165) is 23.9 Å². The molecule has 0 unspecified atom stereocenters. The Balaban J connectivity index is 1.78. The van der Waals surface area contributed by atoms with Gasteiger partial charge in [-0.3, -0.25) is 0 Å². The van der Waals surface area contributed by atoms with E-state index in [9.17, 15) is 8.42 Å². The van der Waals surface area contributed by atoms with Crippen molar-refractivity contribution in [2.75, 3.05) is 11.1 Å². The molecule has 0 saturated heterocycles. The molecule has 2 aromatic heterocycles. The highest BCUT2D eigenvalue weighted by atomic mass is 32.2. The first kappa shape index (κ1) is 16.9. The van der Waals surface area contributed by atoms with Crippen LogP contribution < -0.4 is 11.1 Å². The first-order chi connectivity index (χ1) is 12.6. The summed E-state index contributed by atoms with van der Waals surface area (Å²) < 4.78 is 27.2. The van der Waals surface area contributed by atoms with Gasteiger partial charge in [0.2, 0.25) is 0 Å². The lowest BCUT2D eigenvalue weighted by Gasteiger charge is -2.25. The zero-order valence-corrected chi connectivity index (χ0v) is 15.2. The van der Waals surface area contributed by atoms with Gasteiger partial charge in [-0.25, -0.2) is 17.4 Å². The van der Waals surface area contributed by atoms with Gasteiger partial charge in [0.1, 0.15) is 0 Å². The van der Waals surface area contributed by atoms with E-state index in [0.29, 0.717) is 17.4 Å². The van der Waals surface area contributed by atoms with Crippen LogP contribution in [0.5, 0.6) is 0 Å². The van der Waals surface area contributed by atoms with Crippen molar-refractivity contribution in [3.8, 4) is 0 Å². The van der Waals surface area contributed by atoms with Crippen LogP contribution >= 0.6 is 0 Å². The van der Waals surface area contributed by atoms with Crippen molar-refractivity contribution < 1.29 is 8.42 Å². The van der Waals surface area contributed by atoms with Crippen LogP contribution in [0.2, 0.25) is 0 Å². The van der Waals surface area contributed by atoms with Crippen molar-refractivity contribution in [2.24, 2.45) is 0 Å². The highest BCUT2D eigenvalue weighted by Crippen LogP contribution is 2.33. The molecule has 0 spiro atoms. The van der Waals surface area contributed by atoms with Crippen LogP contribution in [0.3, 0.4) is 0 Å². The highest BCUT2D eigenvalue weighted by Gasteiger charge is 2.22. The summed E-state index contributed by atoms with van der Waals surface area (Å²) in [5, 5.41) is 4.26. The molecular formula is C19H22N4O2S. The SMILES string of the molecule is Nc1cnc2c(ccn2S(=O)(=O)c2ccccc2)c1NC1CCCCC1. The van der Waals surface area contributed by atoms with Crippen LogP contribution in [-0.4, -0.2) is 23.4 Å². The van der Waals surface area contributed by atoms with Crippen LogP contribution in [-0.2, 0) is 10.0 Å². The number of aromatic nitrogens is 2. The number of nitrogen functional groups attached to an aromatic ring is 1. The molecule has 1 fully saturated rings. The Morgan fingerprint density at radius 2 is 1.81 bits per heavy atom. The normalized spacial score (nSPS) is 16.0. The van der Waals surface area contributed by atoms with E-state index < -0.39 is 10.0 Å². The number of pyridine rings is 1. The predicted octanol–water partition coefficient (Wildman–Crippen LogP) is 3.60. The Kier molecular flexibility index (Phi) is 4.32. The molecular weight excluding hydrogens is 348 g/mol. The summed E-state index contributed by atoms with van der Waals surface area (Å²) in [5.41, 5.74) is 7.86. The van der Waals surface area contributed by atoms with E-state index in [2.05, 4.69) is 10.3 Å². The minimum Gasteiger partial charge on any atom is -0.396 e. The average molecular weight is 370 g/mol. The molecule has 136 valence electrons. The van der Waals surface area contributed by atoms with Gasteiger partial charge in [-0.05, 0) is 31.0 Å². The van der Waals surface area contributed by atoms with Crippen molar-refractivity contribution in [2.45, 2.75) is 43.0 Å². The number of nitrogens with two attached hydrogens (primary N) is 1. The minimum absolute atomic E-state index is 0.234. The maximum atomic E-state index is 13.0. The Morgan fingerprint density at radius 3 is 2.54 bits per heavy atom. The van der Waals surface area contributed by atoms with Gasteiger partial charge >= 0.3 is 0 Å². The fourth-order valence-corrected chi connectivity index (χ4v) is 4.91. The Bertz CT molecular complexity index is 1020. The van der Waals surface area contributed by atoms with E-state index in [1.54, 1.807) is 42.6 Å². The predicted molar refractivity (Wildman–Crippen MR) is 104 cm³/mol. The molecule has 2 heterocycles. The Morgan fingerprint density at radius 1 is 1.08 bits per heavy atom. The molecule has 1 aliphatic carbocycles. The second-order valence-corrected chi connectivity index (χ2v) is 8.55. The first-order valence-electron chi connectivity index (χ1n) is 8.90. The molecule has 7 heteroatoms. The summed E-state index contributed by atoms with van der Waals surface area (Å²) in [7, 11) is -3.70. The van der Waals surface area contributed by atoms with Gasteiger partial charge in [0.15, 0.2) is 5.65 Å². The van der Waals surface area contributed by atoms with E-state index >= 15 is 0 Å². The summed E-state index contributed by atoms with van der Waals surface area (Å²) in [6.45, 7) is 0. The Hall–Kier alpha value is -2.54. The quantitative estimate of drug-likeness (QED) is 0.732. The van der Waals surface area contributed by atoms with Crippen LogP contribution in [0.25, 0.3) is 11.0 Å². The van der Waals surface area contributed by atoms with Crippen molar-refractivity contribution in [3.05, 3.63) is 48.8 Å². The molecule has 3 N–H and O–H groups in total. The molecule has 3 aromatic rings. The first-order valence-corrected chi connectivity index (χ1v) is 10.3. The molecule has 0 amide bonds. The van der Waals surface area contributed by atoms with Crippen molar-refractivity contribution in [1.82, 2.24) is 8.96 Å². The van der Waals surface area contributed by atoms with Gasteiger partial charge in [0, 0.05) is 17.6 Å². The standard InChI is InChI=1S/C19H22N4O2S/c20-17-13-21-19-16(18(17)22-14-7-3-1-4-8-14)11-12-23(19)26(24,25)15-9-5-2-6-10-15/h2,5-6,9-14H,1,3-4,7-8,20H2,(H,21,22). The van der Waals surface area contributed by atoms with Crippen LogP contribution in [0.1, 0.15) is 32.1 Å². The average Bonchev–Trinajstić information content (AvgIpc) is 3.11. The van der Waals surface area contributed by atoms with Gasteiger partial charge in [-0.1, -0.05) is 37.5 Å². The molecule has 1 saturated carbocycles. The number of hydrogen-bond donors (Lipinski definition) is 2. The summed E-state index contributed by atoms with van der Waals surface area (Å²) in [5.74, 6) is 0. The summed E-state index contributed by atoms with van der Waals surface area (Å²) in [6.07, 6.45) is 8.96. The maximum absolute atomic E-state index is 13.0. The zero-order valence-electron chi connectivity index (χ0n) is 14.4.